The third-order valence-electron chi connectivity index (χ3n) is 3.17. The second-order valence-electron chi connectivity index (χ2n) is 4.46. The van der Waals surface area contributed by atoms with E-state index in [0.717, 1.165) is 9.16 Å². The molecule has 0 unspecified atom stereocenters. The van der Waals surface area contributed by atoms with Gasteiger partial charge in [0.1, 0.15) is 0 Å². The van der Waals surface area contributed by atoms with E-state index in [1.807, 2.05) is 30.3 Å². The lowest BCUT2D eigenvalue weighted by molar-refractivity contribution is 0.797. The second kappa shape index (κ2) is 4.75. The Kier molecular flexibility index (Phi) is 3.06. The predicted octanol–water partition coefficient (Wildman–Crippen LogP) is 1.10. The highest BCUT2D eigenvalue weighted by Gasteiger charge is 2.14. The van der Waals surface area contributed by atoms with Crippen LogP contribution in [0.1, 0.15) is 5.56 Å². The standard InChI is InChI=1S/C13H11BrN4O2/c1-16-11-10(12(19)18(14)13(16)20)17(8-15-11)7-9-5-3-2-4-6-9/h2-6,8H,7H2,1H3. The van der Waals surface area contributed by atoms with Gasteiger partial charge >= 0.3 is 5.69 Å². The van der Waals surface area contributed by atoms with Crippen molar-refractivity contribution in [3.05, 3.63) is 63.1 Å². The molecule has 7 heteroatoms. The van der Waals surface area contributed by atoms with Crippen molar-refractivity contribution in [1.82, 2.24) is 17.7 Å². The molecule has 20 heavy (non-hydrogen) atoms. The van der Waals surface area contributed by atoms with Crippen LogP contribution in [0.25, 0.3) is 11.2 Å². The number of hydrogen-bond acceptors (Lipinski definition) is 3. The van der Waals surface area contributed by atoms with Crippen LogP contribution < -0.4 is 11.2 Å². The Morgan fingerprint density at radius 3 is 2.60 bits per heavy atom. The Morgan fingerprint density at radius 1 is 1.20 bits per heavy atom. The monoisotopic (exact) mass is 334 g/mol. The van der Waals surface area contributed by atoms with Gasteiger partial charge < -0.3 is 4.57 Å². The lowest BCUT2D eigenvalue weighted by Crippen LogP contribution is -2.34. The number of imidazole rings is 1. The first-order chi connectivity index (χ1) is 9.59. The van der Waals surface area contributed by atoms with Crippen molar-refractivity contribution in [2.45, 2.75) is 6.54 Å². The molecule has 3 rings (SSSR count). The van der Waals surface area contributed by atoms with E-state index in [4.69, 9.17) is 0 Å². The molecule has 0 saturated carbocycles. The van der Waals surface area contributed by atoms with Crippen LogP contribution in [0.2, 0.25) is 0 Å². The van der Waals surface area contributed by atoms with Crippen LogP contribution in [0.3, 0.4) is 0 Å². The molecular weight excluding hydrogens is 324 g/mol. The normalized spacial score (nSPS) is 11.1. The highest BCUT2D eigenvalue weighted by Crippen LogP contribution is 2.09. The molecule has 2 heterocycles. The number of rotatable bonds is 2. The lowest BCUT2D eigenvalue weighted by Gasteiger charge is -2.05. The maximum atomic E-state index is 12.2. The molecule has 0 N–H and O–H groups in total. The summed E-state index contributed by atoms with van der Waals surface area (Å²) in [5.74, 6) is 0. The minimum atomic E-state index is -0.451. The zero-order valence-electron chi connectivity index (χ0n) is 10.7. The molecule has 0 aliphatic heterocycles. The van der Waals surface area contributed by atoms with Crippen LogP contribution in [0.5, 0.6) is 0 Å². The topological polar surface area (TPSA) is 61.8 Å². The Labute approximate surface area is 122 Å². The molecular formula is C13H11BrN4O2. The molecule has 2 aromatic heterocycles. The maximum Gasteiger partial charge on any atom is 0.342 e. The van der Waals surface area contributed by atoms with Crippen molar-refractivity contribution < 1.29 is 0 Å². The molecule has 0 fully saturated rings. The minimum Gasteiger partial charge on any atom is -0.320 e. The number of nitrogens with zero attached hydrogens (tertiary/aromatic N) is 4. The van der Waals surface area contributed by atoms with Gasteiger partial charge in [0.15, 0.2) is 11.2 Å². The van der Waals surface area contributed by atoms with Crippen LogP contribution in [-0.2, 0) is 13.6 Å². The van der Waals surface area contributed by atoms with Crippen LogP contribution in [-0.4, -0.2) is 17.7 Å². The van der Waals surface area contributed by atoms with E-state index in [1.165, 1.54) is 4.57 Å². The van der Waals surface area contributed by atoms with E-state index < -0.39 is 11.2 Å². The molecule has 0 amide bonds. The molecule has 3 aromatic rings. The van der Waals surface area contributed by atoms with Crippen molar-refractivity contribution in [3.63, 3.8) is 0 Å². The first kappa shape index (κ1) is 12.9. The molecule has 0 radical (unpaired) electrons. The molecule has 0 spiro atoms. The smallest absolute Gasteiger partial charge is 0.320 e. The fourth-order valence-electron chi connectivity index (χ4n) is 2.14. The summed E-state index contributed by atoms with van der Waals surface area (Å²) < 4.78 is 4.00. The summed E-state index contributed by atoms with van der Waals surface area (Å²) in [4.78, 5) is 28.2. The molecule has 0 aliphatic carbocycles. The van der Waals surface area contributed by atoms with Crippen molar-refractivity contribution in [2.75, 3.05) is 0 Å². The van der Waals surface area contributed by atoms with Gasteiger partial charge in [-0.15, -0.1) is 0 Å². The van der Waals surface area contributed by atoms with Crippen molar-refractivity contribution in [2.24, 2.45) is 7.05 Å². The number of hydrogen-bond donors (Lipinski definition) is 0. The molecule has 0 atom stereocenters. The molecule has 0 bridgehead atoms. The fraction of sp³-hybridized carbons (Fsp3) is 0.154. The Balaban J connectivity index is 2.24. The van der Waals surface area contributed by atoms with Gasteiger partial charge in [0.2, 0.25) is 0 Å². The first-order valence-electron chi connectivity index (χ1n) is 5.96. The highest BCUT2D eigenvalue weighted by atomic mass is 79.9. The van der Waals surface area contributed by atoms with Crippen molar-refractivity contribution in [3.8, 4) is 0 Å². The van der Waals surface area contributed by atoms with E-state index in [9.17, 15) is 9.59 Å². The average Bonchev–Trinajstić information content (AvgIpc) is 2.88. The quantitative estimate of drug-likeness (QED) is 0.705. The zero-order chi connectivity index (χ0) is 14.3. The summed E-state index contributed by atoms with van der Waals surface area (Å²) in [6, 6.07) is 9.76. The largest absolute Gasteiger partial charge is 0.342 e. The van der Waals surface area contributed by atoms with Crippen LogP contribution in [0.4, 0.5) is 0 Å². The second-order valence-corrected chi connectivity index (χ2v) is 5.17. The summed E-state index contributed by atoms with van der Waals surface area (Å²) in [5, 5.41) is 0. The number of halogens is 1. The molecule has 6 nitrogen and oxygen atoms in total. The van der Waals surface area contributed by atoms with Crippen molar-refractivity contribution in [1.29, 1.82) is 0 Å². The van der Waals surface area contributed by atoms with Gasteiger partial charge in [-0.2, -0.15) is 3.59 Å². The fourth-order valence-corrected chi connectivity index (χ4v) is 2.54. The first-order valence-corrected chi connectivity index (χ1v) is 6.67. The molecule has 102 valence electrons. The summed E-state index contributed by atoms with van der Waals surface area (Å²) >= 11 is 2.99. The van der Waals surface area contributed by atoms with Gasteiger partial charge in [-0.05, 0) is 5.56 Å². The van der Waals surface area contributed by atoms with E-state index in [2.05, 4.69) is 21.1 Å². The molecule has 0 aliphatic rings. The number of aryl methyl sites for hydroxylation is 1. The summed E-state index contributed by atoms with van der Waals surface area (Å²) in [6.07, 6.45) is 1.57. The summed E-state index contributed by atoms with van der Waals surface area (Å²) in [5.41, 5.74) is 0.977. The molecule has 0 saturated heterocycles. The SMILES string of the molecule is Cn1c(=O)n(Br)c(=O)c2c1ncn2Cc1ccccc1. The van der Waals surface area contributed by atoms with Crippen LogP contribution in [0, 0.1) is 0 Å². The average molecular weight is 335 g/mol. The lowest BCUT2D eigenvalue weighted by atomic mass is 10.2. The van der Waals surface area contributed by atoms with Gasteiger partial charge in [-0.25, -0.2) is 9.78 Å². The number of fused-ring (bicyclic) bond motifs is 1. The van der Waals surface area contributed by atoms with Gasteiger partial charge in [-0.3, -0.25) is 9.36 Å². The predicted molar refractivity (Wildman–Crippen MR) is 79.1 cm³/mol. The van der Waals surface area contributed by atoms with Gasteiger partial charge in [0.05, 0.1) is 22.5 Å². The van der Waals surface area contributed by atoms with Gasteiger partial charge in [0.25, 0.3) is 5.56 Å². The Hall–Kier alpha value is -2.15. The summed E-state index contributed by atoms with van der Waals surface area (Å²) in [6.45, 7) is 0.526. The van der Waals surface area contributed by atoms with E-state index >= 15 is 0 Å². The highest BCUT2D eigenvalue weighted by molar-refractivity contribution is 9.08. The minimum absolute atomic E-state index is 0.381. The van der Waals surface area contributed by atoms with Crippen LogP contribution in [0.15, 0.2) is 46.2 Å². The maximum absolute atomic E-state index is 12.2. The van der Waals surface area contributed by atoms with Crippen LogP contribution >= 0.6 is 16.1 Å². The van der Waals surface area contributed by atoms with Crippen molar-refractivity contribution >= 4 is 27.3 Å². The zero-order valence-corrected chi connectivity index (χ0v) is 12.2. The Morgan fingerprint density at radius 2 is 1.90 bits per heavy atom. The Bertz CT molecular complexity index is 892. The number of aromatic nitrogens is 4. The van der Waals surface area contributed by atoms with Gasteiger partial charge in [0, 0.05) is 13.6 Å². The van der Waals surface area contributed by atoms with Gasteiger partial charge in [-0.1, -0.05) is 30.3 Å². The van der Waals surface area contributed by atoms with E-state index in [1.54, 1.807) is 17.9 Å². The number of benzene rings is 1. The third kappa shape index (κ3) is 1.90. The van der Waals surface area contributed by atoms with E-state index in [0.29, 0.717) is 17.7 Å². The molecule has 1 aromatic carbocycles. The summed E-state index contributed by atoms with van der Waals surface area (Å²) in [7, 11) is 1.59. The van der Waals surface area contributed by atoms with E-state index in [-0.39, 0.29) is 0 Å². The third-order valence-corrected chi connectivity index (χ3v) is 3.79.